The van der Waals surface area contributed by atoms with Crippen molar-refractivity contribution in [3.8, 4) is 28.4 Å². The van der Waals surface area contributed by atoms with Crippen molar-refractivity contribution in [3.63, 3.8) is 0 Å². The maximum Gasteiger partial charge on any atom is 0.165 e. The fourth-order valence-corrected chi connectivity index (χ4v) is 5.63. The third-order valence-corrected chi connectivity index (χ3v) is 7.72. The standard InChI is InChI=1S/C27H31FN6O.ClH/c1-3-16-13-25(35)21(28)14-20(16)17-4-5-19-23(12-17)31-32-26(19)27-29-22-8-11-34(15-24(22)30-27)18-6-9-33(2)10-7-18;/h4-5,12-14,18,35H,3,6-11,15H2,1-2H3,(H,29,30)(H,31,32);1H. The molecule has 4 heterocycles. The lowest BCUT2D eigenvalue weighted by Crippen LogP contribution is -2.45. The van der Waals surface area contributed by atoms with Gasteiger partial charge in [0.2, 0.25) is 0 Å². The number of nitrogens with zero attached hydrogens (tertiary/aromatic N) is 4. The average molecular weight is 511 g/mol. The molecule has 0 spiro atoms. The molecule has 6 rings (SSSR count). The molecule has 1 saturated heterocycles. The highest BCUT2D eigenvalue weighted by Crippen LogP contribution is 2.34. The Morgan fingerprint density at radius 3 is 2.72 bits per heavy atom. The number of aromatic hydroxyl groups is 1. The number of imidazole rings is 1. The number of halogens is 2. The topological polar surface area (TPSA) is 84.1 Å². The smallest absolute Gasteiger partial charge is 0.165 e. The minimum atomic E-state index is -0.613. The monoisotopic (exact) mass is 510 g/mol. The lowest BCUT2D eigenvalue weighted by Gasteiger charge is -2.38. The number of phenolic OH excluding ortho intramolecular Hbond substituents is 1. The van der Waals surface area contributed by atoms with Gasteiger partial charge in [-0.2, -0.15) is 5.10 Å². The van der Waals surface area contributed by atoms with Crippen molar-refractivity contribution in [1.29, 1.82) is 0 Å². The summed E-state index contributed by atoms with van der Waals surface area (Å²) in [5.41, 5.74) is 6.58. The van der Waals surface area contributed by atoms with E-state index in [1.165, 1.54) is 43.8 Å². The van der Waals surface area contributed by atoms with Crippen molar-refractivity contribution in [2.24, 2.45) is 0 Å². The van der Waals surface area contributed by atoms with E-state index in [1.54, 1.807) is 0 Å². The van der Waals surface area contributed by atoms with Crippen LogP contribution < -0.4 is 0 Å². The number of aromatic amines is 2. The summed E-state index contributed by atoms with van der Waals surface area (Å²) < 4.78 is 14.1. The molecule has 36 heavy (non-hydrogen) atoms. The molecule has 4 aromatic rings. The minimum Gasteiger partial charge on any atom is -0.505 e. The van der Waals surface area contributed by atoms with E-state index in [0.29, 0.717) is 12.5 Å². The number of aromatic nitrogens is 4. The number of nitrogens with one attached hydrogen (secondary N) is 2. The van der Waals surface area contributed by atoms with Crippen LogP contribution in [0.25, 0.3) is 33.5 Å². The summed E-state index contributed by atoms with van der Waals surface area (Å²) in [6.07, 6.45) is 4.10. The zero-order valence-corrected chi connectivity index (χ0v) is 21.5. The molecule has 9 heteroatoms. The summed E-state index contributed by atoms with van der Waals surface area (Å²) in [4.78, 5) is 13.5. The summed E-state index contributed by atoms with van der Waals surface area (Å²) in [6, 6.07) is 9.55. The van der Waals surface area contributed by atoms with Gasteiger partial charge in [0.1, 0.15) is 5.69 Å². The number of hydrogen-bond acceptors (Lipinski definition) is 5. The summed E-state index contributed by atoms with van der Waals surface area (Å²) in [6.45, 7) is 6.30. The first-order valence-corrected chi connectivity index (χ1v) is 12.5. The van der Waals surface area contributed by atoms with Gasteiger partial charge in [-0.1, -0.05) is 13.0 Å². The Morgan fingerprint density at radius 1 is 1.14 bits per heavy atom. The Labute approximate surface area is 216 Å². The maximum absolute atomic E-state index is 14.1. The number of likely N-dealkylation sites (tertiary alicyclic amines) is 1. The van der Waals surface area contributed by atoms with Crippen molar-refractivity contribution >= 4 is 23.3 Å². The van der Waals surface area contributed by atoms with Crippen LogP contribution in [0.15, 0.2) is 30.3 Å². The second kappa shape index (κ2) is 9.84. The Morgan fingerprint density at radius 2 is 1.94 bits per heavy atom. The number of aryl methyl sites for hydroxylation is 1. The first-order valence-electron chi connectivity index (χ1n) is 12.5. The molecule has 1 fully saturated rings. The third kappa shape index (κ3) is 4.38. The van der Waals surface area contributed by atoms with Gasteiger partial charge in [0.15, 0.2) is 17.4 Å². The van der Waals surface area contributed by atoms with E-state index in [4.69, 9.17) is 4.98 Å². The highest BCUT2D eigenvalue weighted by Gasteiger charge is 2.28. The van der Waals surface area contributed by atoms with E-state index < -0.39 is 5.82 Å². The van der Waals surface area contributed by atoms with Crippen LogP contribution in [-0.2, 0) is 19.4 Å². The van der Waals surface area contributed by atoms with Gasteiger partial charge in [-0.15, -0.1) is 12.4 Å². The quantitative estimate of drug-likeness (QED) is 0.363. The zero-order valence-electron chi connectivity index (χ0n) is 20.6. The molecule has 0 radical (unpaired) electrons. The molecule has 3 N–H and O–H groups in total. The van der Waals surface area contributed by atoms with Gasteiger partial charge in [-0.3, -0.25) is 10.00 Å². The first-order chi connectivity index (χ1) is 17.0. The minimum absolute atomic E-state index is 0. The lowest BCUT2D eigenvalue weighted by atomic mass is 9.96. The van der Waals surface area contributed by atoms with Gasteiger partial charge in [0, 0.05) is 30.9 Å². The number of piperidine rings is 1. The Hall–Kier alpha value is -2.94. The number of hydrogen-bond donors (Lipinski definition) is 3. The van der Waals surface area contributed by atoms with Crippen LogP contribution in [0.5, 0.6) is 5.75 Å². The van der Waals surface area contributed by atoms with Gasteiger partial charge in [0.05, 0.1) is 16.9 Å². The Kier molecular flexibility index (Phi) is 6.76. The van der Waals surface area contributed by atoms with Crippen molar-refractivity contribution < 1.29 is 9.50 Å². The van der Waals surface area contributed by atoms with Crippen molar-refractivity contribution in [2.75, 3.05) is 26.7 Å². The van der Waals surface area contributed by atoms with E-state index in [9.17, 15) is 9.50 Å². The highest BCUT2D eigenvalue weighted by atomic mass is 35.5. The molecule has 2 aromatic carbocycles. The molecule has 0 aliphatic carbocycles. The molecule has 0 atom stereocenters. The second-order valence-corrected chi connectivity index (χ2v) is 9.91. The van der Waals surface area contributed by atoms with Crippen molar-refractivity contribution in [1.82, 2.24) is 30.0 Å². The molecule has 0 saturated carbocycles. The Balaban J connectivity index is 0.00000267. The van der Waals surface area contributed by atoms with Crippen LogP contribution in [0.2, 0.25) is 0 Å². The summed E-state index contributed by atoms with van der Waals surface area (Å²) in [5, 5.41) is 18.5. The number of phenols is 1. The van der Waals surface area contributed by atoms with Crippen molar-refractivity contribution in [3.05, 3.63) is 53.1 Å². The van der Waals surface area contributed by atoms with Crippen LogP contribution in [0.1, 0.15) is 36.7 Å². The predicted molar refractivity (Wildman–Crippen MR) is 142 cm³/mol. The molecule has 2 aliphatic rings. The molecular weight excluding hydrogens is 479 g/mol. The van der Waals surface area contributed by atoms with E-state index >= 15 is 0 Å². The van der Waals surface area contributed by atoms with Gasteiger partial charge in [-0.05, 0) is 80.4 Å². The van der Waals surface area contributed by atoms with Gasteiger partial charge >= 0.3 is 0 Å². The summed E-state index contributed by atoms with van der Waals surface area (Å²) in [5.74, 6) is -0.131. The van der Waals surface area contributed by atoms with Crippen LogP contribution in [0.4, 0.5) is 4.39 Å². The van der Waals surface area contributed by atoms with Crippen LogP contribution >= 0.6 is 12.4 Å². The average Bonchev–Trinajstić information content (AvgIpc) is 3.48. The van der Waals surface area contributed by atoms with E-state index in [1.807, 2.05) is 25.1 Å². The molecule has 2 aromatic heterocycles. The van der Waals surface area contributed by atoms with E-state index in [0.717, 1.165) is 64.3 Å². The highest BCUT2D eigenvalue weighted by molar-refractivity contribution is 5.94. The van der Waals surface area contributed by atoms with Gasteiger partial charge < -0.3 is 15.0 Å². The SMILES string of the molecule is CCc1cc(O)c(F)cc1-c1ccc2c(-c3nc4c([nH]3)CN(C3CCN(C)CC3)CC4)n[nH]c2c1.Cl. The van der Waals surface area contributed by atoms with E-state index in [-0.39, 0.29) is 18.2 Å². The molecule has 0 bridgehead atoms. The largest absolute Gasteiger partial charge is 0.505 e. The number of benzene rings is 2. The van der Waals surface area contributed by atoms with Gasteiger partial charge in [0.25, 0.3) is 0 Å². The molecule has 7 nitrogen and oxygen atoms in total. The predicted octanol–water partition coefficient (Wildman–Crippen LogP) is 4.90. The van der Waals surface area contributed by atoms with Gasteiger partial charge in [-0.25, -0.2) is 9.37 Å². The maximum atomic E-state index is 14.1. The third-order valence-electron chi connectivity index (χ3n) is 7.72. The lowest BCUT2D eigenvalue weighted by molar-refractivity contribution is 0.108. The fraction of sp³-hybridized carbons (Fsp3) is 0.407. The Bertz CT molecular complexity index is 1390. The molecule has 0 amide bonds. The number of fused-ring (bicyclic) bond motifs is 2. The molecule has 2 aliphatic heterocycles. The first kappa shape index (κ1) is 24.7. The van der Waals surface area contributed by atoms with Crippen LogP contribution in [0, 0.1) is 5.82 Å². The summed E-state index contributed by atoms with van der Waals surface area (Å²) >= 11 is 0. The van der Waals surface area contributed by atoms with Crippen LogP contribution in [0.3, 0.4) is 0 Å². The molecule has 190 valence electrons. The van der Waals surface area contributed by atoms with E-state index in [2.05, 4.69) is 32.0 Å². The number of rotatable bonds is 4. The number of H-pyrrole nitrogens is 2. The fourth-order valence-electron chi connectivity index (χ4n) is 5.63. The second-order valence-electron chi connectivity index (χ2n) is 9.91. The zero-order chi connectivity index (χ0) is 24.1. The van der Waals surface area contributed by atoms with Crippen LogP contribution in [-0.4, -0.2) is 67.8 Å². The molecule has 0 unspecified atom stereocenters. The molecular formula is C27H32ClFN6O. The normalized spacial score (nSPS) is 17.3. The van der Waals surface area contributed by atoms with Crippen molar-refractivity contribution in [2.45, 2.75) is 45.2 Å². The summed E-state index contributed by atoms with van der Waals surface area (Å²) in [7, 11) is 2.20.